The van der Waals surface area contributed by atoms with Gasteiger partial charge in [0.15, 0.2) is 0 Å². The second-order valence-electron chi connectivity index (χ2n) is 5.39. The molecule has 0 aliphatic carbocycles. The predicted octanol–water partition coefficient (Wildman–Crippen LogP) is 5.10. The van der Waals surface area contributed by atoms with Gasteiger partial charge in [0.25, 0.3) is 0 Å². The molecule has 1 rings (SSSR count). The highest BCUT2D eigenvalue weighted by molar-refractivity contribution is 5.29. The monoisotopic (exact) mass is 277 g/mol. The molecule has 0 radical (unpaired) electrons. The summed E-state index contributed by atoms with van der Waals surface area (Å²) in [6, 6.07) is 9.06. The van der Waals surface area contributed by atoms with Crippen molar-refractivity contribution >= 4 is 0 Å². The molecule has 0 spiro atoms. The zero-order valence-electron chi connectivity index (χ0n) is 13.5. The van der Waals surface area contributed by atoms with Gasteiger partial charge in [-0.2, -0.15) is 0 Å². The standard InChI is InChI=1S/C18H31NO/c1-4-7-8-9-15-20-17-12-10-16(11-13-17)18(6-3)19-14-5-2/h10-13,18-19H,4-9,14-15H2,1-3H3. The van der Waals surface area contributed by atoms with E-state index in [9.17, 15) is 0 Å². The second kappa shape index (κ2) is 10.7. The van der Waals surface area contributed by atoms with Crippen LogP contribution < -0.4 is 10.1 Å². The molecule has 1 aromatic carbocycles. The number of hydrogen-bond donors (Lipinski definition) is 1. The molecule has 1 aromatic rings. The van der Waals surface area contributed by atoms with Crippen LogP contribution in [0.2, 0.25) is 0 Å². The van der Waals surface area contributed by atoms with Crippen molar-refractivity contribution in [1.82, 2.24) is 5.32 Å². The third-order valence-electron chi connectivity index (χ3n) is 3.60. The van der Waals surface area contributed by atoms with E-state index in [1.54, 1.807) is 0 Å². The normalized spacial score (nSPS) is 12.3. The molecule has 0 amide bonds. The third-order valence-corrected chi connectivity index (χ3v) is 3.60. The predicted molar refractivity (Wildman–Crippen MR) is 87.4 cm³/mol. The zero-order valence-corrected chi connectivity index (χ0v) is 13.5. The van der Waals surface area contributed by atoms with Gasteiger partial charge >= 0.3 is 0 Å². The highest BCUT2D eigenvalue weighted by Crippen LogP contribution is 2.20. The van der Waals surface area contributed by atoms with Crippen molar-refractivity contribution in [2.45, 2.75) is 65.3 Å². The Morgan fingerprint density at radius 1 is 0.950 bits per heavy atom. The van der Waals surface area contributed by atoms with Crippen molar-refractivity contribution < 1.29 is 4.74 Å². The third kappa shape index (κ3) is 6.42. The van der Waals surface area contributed by atoms with E-state index in [0.717, 1.165) is 31.7 Å². The molecule has 0 saturated heterocycles. The molecule has 1 atom stereocenters. The topological polar surface area (TPSA) is 21.3 Å². The lowest BCUT2D eigenvalue weighted by Crippen LogP contribution is -2.21. The Bertz CT molecular complexity index is 334. The lowest BCUT2D eigenvalue weighted by Gasteiger charge is -2.17. The maximum absolute atomic E-state index is 5.78. The van der Waals surface area contributed by atoms with Crippen LogP contribution in [0.25, 0.3) is 0 Å². The molecular formula is C18H31NO. The quantitative estimate of drug-likeness (QED) is 0.568. The van der Waals surface area contributed by atoms with Crippen LogP contribution in [0.15, 0.2) is 24.3 Å². The zero-order chi connectivity index (χ0) is 14.6. The van der Waals surface area contributed by atoms with Crippen molar-refractivity contribution in [3.8, 4) is 5.75 Å². The van der Waals surface area contributed by atoms with Gasteiger partial charge in [-0.3, -0.25) is 0 Å². The fourth-order valence-electron chi connectivity index (χ4n) is 2.33. The first-order chi connectivity index (χ1) is 9.81. The van der Waals surface area contributed by atoms with Gasteiger partial charge in [-0.25, -0.2) is 0 Å². The molecule has 1 N–H and O–H groups in total. The number of ether oxygens (including phenoxy) is 1. The Kier molecular flexibility index (Phi) is 9.14. The fourth-order valence-corrected chi connectivity index (χ4v) is 2.33. The molecule has 2 nitrogen and oxygen atoms in total. The van der Waals surface area contributed by atoms with Gasteiger partial charge in [0.2, 0.25) is 0 Å². The molecule has 2 heteroatoms. The second-order valence-corrected chi connectivity index (χ2v) is 5.39. The lowest BCUT2D eigenvalue weighted by molar-refractivity contribution is 0.305. The van der Waals surface area contributed by atoms with Gasteiger partial charge in [0.05, 0.1) is 6.61 Å². The van der Waals surface area contributed by atoms with E-state index in [0.29, 0.717) is 6.04 Å². The van der Waals surface area contributed by atoms with Crippen LogP contribution in [0.3, 0.4) is 0 Å². The van der Waals surface area contributed by atoms with Crippen molar-refractivity contribution in [3.63, 3.8) is 0 Å². The molecule has 0 aromatic heterocycles. The first-order valence-electron chi connectivity index (χ1n) is 8.27. The number of benzene rings is 1. The SMILES string of the molecule is CCCCCCOc1ccc(C(CC)NCCC)cc1. The lowest BCUT2D eigenvalue weighted by atomic mass is 10.0. The van der Waals surface area contributed by atoms with Crippen molar-refractivity contribution in [2.24, 2.45) is 0 Å². The van der Waals surface area contributed by atoms with E-state index < -0.39 is 0 Å². The smallest absolute Gasteiger partial charge is 0.119 e. The largest absolute Gasteiger partial charge is 0.494 e. The van der Waals surface area contributed by atoms with Crippen LogP contribution in [-0.2, 0) is 0 Å². The van der Waals surface area contributed by atoms with Crippen LogP contribution in [0.4, 0.5) is 0 Å². The Morgan fingerprint density at radius 2 is 1.70 bits per heavy atom. The summed E-state index contributed by atoms with van der Waals surface area (Å²) in [6.45, 7) is 8.58. The van der Waals surface area contributed by atoms with Gasteiger partial charge in [-0.05, 0) is 43.5 Å². The van der Waals surface area contributed by atoms with E-state index in [-0.39, 0.29) is 0 Å². The molecule has 1 unspecified atom stereocenters. The minimum absolute atomic E-state index is 0.466. The van der Waals surface area contributed by atoms with Crippen LogP contribution in [-0.4, -0.2) is 13.2 Å². The molecule has 20 heavy (non-hydrogen) atoms. The highest BCUT2D eigenvalue weighted by Gasteiger charge is 2.07. The van der Waals surface area contributed by atoms with E-state index in [4.69, 9.17) is 4.74 Å². The summed E-state index contributed by atoms with van der Waals surface area (Å²) in [6.07, 6.45) is 7.31. The molecule has 0 heterocycles. The minimum atomic E-state index is 0.466. The molecular weight excluding hydrogens is 246 g/mol. The average molecular weight is 277 g/mol. The molecule has 0 bridgehead atoms. The van der Waals surface area contributed by atoms with E-state index in [1.807, 2.05) is 0 Å². The van der Waals surface area contributed by atoms with Gasteiger partial charge in [-0.15, -0.1) is 0 Å². The maximum atomic E-state index is 5.78. The average Bonchev–Trinajstić information content (AvgIpc) is 2.49. The number of unbranched alkanes of at least 4 members (excludes halogenated alkanes) is 3. The molecule has 0 aliphatic heterocycles. The summed E-state index contributed by atoms with van der Waals surface area (Å²) in [5.41, 5.74) is 1.36. The fraction of sp³-hybridized carbons (Fsp3) is 0.667. The van der Waals surface area contributed by atoms with E-state index in [1.165, 1.54) is 31.2 Å². The van der Waals surface area contributed by atoms with Crippen LogP contribution >= 0.6 is 0 Å². The minimum Gasteiger partial charge on any atom is -0.494 e. The van der Waals surface area contributed by atoms with Gasteiger partial charge in [-0.1, -0.05) is 52.2 Å². The van der Waals surface area contributed by atoms with Gasteiger partial charge in [0.1, 0.15) is 5.75 Å². The summed E-state index contributed by atoms with van der Waals surface area (Å²) in [5.74, 6) is 0.996. The summed E-state index contributed by atoms with van der Waals surface area (Å²) < 4.78 is 5.78. The van der Waals surface area contributed by atoms with E-state index >= 15 is 0 Å². The van der Waals surface area contributed by atoms with Crippen molar-refractivity contribution in [1.29, 1.82) is 0 Å². The summed E-state index contributed by atoms with van der Waals surface area (Å²) in [7, 11) is 0. The first kappa shape index (κ1) is 17.0. The number of hydrogen-bond acceptors (Lipinski definition) is 2. The van der Waals surface area contributed by atoms with Crippen LogP contribution in [0.1, 0.15) is 70.9 Å². The van der Waals surface area contributed by atoms with Crippen molar-refractivity contribution in [3.05, 3.63) is 29.8 Å². The van der Waals surface area contributed by atoms with Crippen LogP contribution in [0.5, 0.6) is 5.75 Å². The molecule has 0 saturated carbocycles. The Balaban J connectivity index is 2.38. The summed E-state index contributed by atoms with van der Waals surface area (Å²) in [5, 5.41) is 3.58. The van der Waals surface area contributed by atoms with Gasteiger partial charge < -0.3 is 10.1 Å². The Labute approximate surface area is 124 Å². The number of rotatable bonds is 11. The van der Waals surface area contributed by atoms with E-state index in [2.05, 4.69) is 50.4 Å². The number of nitrogens with one attached hydrogen (secondary N) is 1. The summed E-state index contributed by atoms with van der Waals surface area (Å²) >= 11 is 0. The summed E-state index contributed by atoms with van der Waals surface area (Å²) in [4.78, 5) is 0. The molecule has 0 fully saturated rings. The van der Waals surface area contributed by atoms with Crippen molar-refractivity contribution in [2.75, 3.05) is 13.2 Å². The maximum Gasteiger partial charge on any atom is 0.119 e. The molecule has 0 aliphatic rings. The van der Waals surface area contributed by atoms with Crippen LogP contribution in [0, 0.1) is 0 Å². The van der Waals surface area contributed by atoms with Gasteiger partial charge in [0, 0.05) is 6.04 Å². The highest BCUT2D eigenvalue weighted by atomic mass is 16.5. The Hall–Kier alpha value is -1.02. The molecule has 114 valence electrons. The first-order valence-corrected chi connectivity index (χ1v) is 8.27. The Morgan fingerprint density at radius 3 is 2.30 bits per heavy atom.